The zero-order valence-electron chi connectivity index (χ0n) is 7.81. The summed E-state index contributed by atoms with van der Waals surface area (Å²) < 4.78 is 26.9. The molecule has 15 heavy (non-hydrogen) atoms. The Kier molecular flexibility index (Phi) is 2.44. The predicted molar refractivity (Wildman–Crippen MR) is 53.7 cm³/mol. The van der Waals surface area contributed by atoms with Crippen molar-refractivity contribution in [3.05, 3.63) is 40.7 Å². The quantitative estimate of drug-likeness (QED) is 0.746. The molecule has 1 aromatic carbocycles. The molecule has 0 atom stereocenters. The lowest BCUT2D eigenvalue weighted by atomic mass is 10.2. The van der Waals surface area contributed by atoms with E-state index in [4.69, 9.17) is 11.6 Å². The van der Waals surface area contributed by atoms with Gasteiger partial charge in [0.15, 0.2) is 5.82 Å². The van der Waals surface area contributed by atoms with Crippen molar-refractivity contribution in [2.24, 2.45) is 0 Å². The molecule has 2 nitrogen and oxygen atoms in total. The second-order valence-corrected chi connectivity index (χ2v) is 3.54. The topological polar surface area (TPSA) is 28.7 Å². The summed E-state index contributed by atoms with van der Waals surface area (Å²) >= 11 is 5.56. The fourth-order valence-corrected chi connectivity index (χ4v) is 1.44. The molecular weight excluding hydrogens is 222 g/mol. The molecule has 0 amide bonds. The van der Waals surface area contributed by atoms with Crippen LogP contribution >= 0.6 is 11.6 Å². The van der Waals surface area contributed by atoms with Crippen LogP contribution in [0, 0.1) is 18.6 Å². The van der Waals surface area contributed by atoms with E-state index < -0.39 is 11.6 Å². The van der Waals surface area contributed by atoms with Crippen molar-refractivity contribution < 1.29 is 8.78 Å². The van der Waals surface area contributed by atoms with Crippen molar-refractivity contribution in [2.45, 2.75) is 6.92 Å². The maximum Gasteiger partial charge on any atom is 0.155 e. The molecule has 5 heteroatoms. The highest BCUT2D eigenvalue weighted by Crippen LogP contribution is 2.28. The SMILES string of the molecule is Cc1cnc(-c2c(F)ccc(Cl)c2F)[nH]1. The normalized spacial score (nSPS) is 10.7. The first-order valence-electron chi connectivity index (χ1n) is 4.25. The van der Waals surface area contributed by atoms with Gasteiger partial charge in [0.1, 0.15) is 11.6 Å². The molecule has 0 unspecified atom stereocenters. The van der Waals surface area contributed by atoms with Gasteiger partial charge in [0.2, 0.25) is 0 Å². The Morgan fingerprint density at radius 2 is 2.07 bits per heavy atom. The van der Waals surface area contributed by atoms with E-state index in [1.165, 1.54) is 12.3 Å². The number of aromatic nitrogens is 2. The number of halogens is 3. The van der Waals surface area contributed by atoms with Crippen molar-refractivity contribution in [1.82, 2.24) is 9.97 Å². The number of nitrogens with one attached hydrogen (secondary N) is 1. The van der Waals surface area contributed by atoms with Crippen LogP contribution < -0.4 is 0 Å². The van der Waals surface area contributed by atoms with Crippen LogP contribution in [-0.4, -0.2) is 9.97 Å². The fraction of sp³-hybridized carbons (Fsp3) is 0.100. The number of hydrogen-bond donors (Lipinski definition) is 1. The van der Waals surface area contributed by atoms with E-state index in [-0.39, 0.29) is 16.4 Å². The first-order chi connectivity index (χ1) is 7.09. The predicted octanol–water partition coefficient (Wildman–Crippen LogP) is 3.32. The Balaban J connectivity index is 2.66. The van der Waals surface area contributed by atoms with Gasteiger partial charge in [-0.3, -0.25) is 0 Å². The van der Waals surface area contributed by atoms with Crippen LogP contribution in [0.25, 0.3) is 11.4 Å². The van der Waals surface area contributed by atoms with Crippen LogP contribution in [-0.2, 0) is 0 Å². The van der Waals surface area contributed by atoms with Crippen LogP contribution in [0.5, 0.6) is 0 Å². The van der Waals surface area contributed by atoms with Crippen molar-refractivity contribution in [3.63, 3.8) is 0 Å². The summed E-state index contributed by atoms with van der Waals surface area (Å²) in [4.78, 5) is 6.61. The number of rotatable bonds is 1. The van der Waals surface area contributed by atoms with Gasteiger partial charge in [0, 0.05) is 11.9 Å². The van der Waals surface area contributed by atoms with Crippen LogP contribution in [0.2, 0.25) is 5.02 Å². The van der Waals surface area contributed by atoms with Crippen LogP contribution in [0.1, 0.15) is 5.69 Å². The lowest BCUT2D eigenvalue weighted by molar-refractivity contribution is 0.588. The maximum absolute atomic E-state index is 13.5. The Bertz CT molecular complexity index is 508. The van der Waals surface area contributed by atoms with Gasteiger partial charge in [-0.2, -0.15) is 0 Å². The van der Waals surface area contributed by atoms with Crippen molar-refractivity contribution in [2.75, 3.05) is 0 Å². The Labute approximate surface area is 89.9 Å². The van der Waals surface area contributed by atoms with Crippen LogP contribution in [0.15, 0.2) is 18.3 Å². The van der Waals surface area contributed by atoms with E-state index in [9.17, 15) is 8.78 Å². The van der Waals surface area contributed by atoms with Crippen molar-refractivity contribution in [1.29, 1.82) is 0 Å². The highest BCUT2D eigenvalue weighted by Gasteiger charge is 2.16. The molecule has 0 saturated heterocycles. The lowest BCUT2D eigenvalue weighted by Gasteiger charge is -2.02. The van der Waals surface area contributed by atoms with Crippen molar-refractivity contribution in [3.8, 4) is 11.4 Å². The van der Waals surface area contributed by atoms with E-state index in [1.807, 2.05) is 0 Å². The summed E-state index contributed by atoms with van der Waals surface area (Å²) in [7, 11) is 0. The minimum atomic E-state index is -0.800. The molecule has 0 aliphatic carbocycles. The maximum atomic E-state index is 13.5. The van der Waals surface area contributed by atoms with Gasteiger partial charge in [0.25, 0.3) is 0 Å². The highest BCUT2D eigenvalue weighted by atomic mass is 35.5. The molecule has 0 bridgehead atoms. The summed E-state index contributed by atoms with van der Waals surface area (Å²) in [6.45, 7) is 1.75. The molecule has 0 aliphatic rings. The molecule has 0 radical (unpaired) electrons. The van der Waals surface area contributed by atoms with Crippen molar-refractivity contribution >= 4 is 11.6 Å². The molecule has 0 spiro atoms. The van der Waals surface area contributed by atoms with Crippen LogP contribution in [0.3, 0.4) is 0 Å². The number of aromatic amines is 1. The molecule has 0 saturated carbocycles. The summed E-state index contributed by atoms with van der Waals surface area (Å²) in [5.74, 6) is -1.35. The highest BCUT2D eigenvalue weighted by molar-refractivity contribution is 6.31. The Morgan fingerprint density at radius 1 is 1.33 bits per heavy atom. The molecule has 1 N–H and O–H groups in total. The van der Waals surface area contributed by atoms with Gasteiger partial charge >= 0.3 is 0 Å². The minimum Gasteiger partial charge on any atom is -0.342 e. The summed E-state index contributed by atoms with van der Waals surface area (Å²) in [6, 6.07) is 2.28. The van der Waals surface area contributed by atoms with E-state index in [0.29, 0.717) is 0 Å². The summed E-state index contributed by atoms with van der Waals surface area (Å²) in [6.07, 6.45) is 1.50. The average molecular weight is 229 g/mol. The number of imidazole rings is 1. The number of benzene rings is 1. The third-order valence-corrected chi connectivity index (χ3v) is 2.28. The van der Waals surface area contributed by atoms with Gasteiger partial charge in [-0.15, -0.1) is 0 Å². The lowest BCUT2D eigenvalue weighted by Crippen LogP contribution is -1.92. The smallest absolute Gasteiger partial charge is 0.155 e. The molecule has 0 aliphatic heterocycles. The van der Waals surface area contributed by atoms with E-state index in [0.717, 1.165) is 11.8 Å². The number of aryl methyl sites for hydroxylation is 1. The number of H-pyrrole nitrogens is 1. The second kappa shape index (κ2) is 3.62. The molecule has 1 aromatic heterocycles. The monoisotopic (exact) mass is 228 g/mol. The number of nitrogens with zero attached hydrogens (tertiary/aromatic N) is 1. The third kappa shape index (κ3) is 1.72. The van der Waals surface area contributed by atoms with Gasteiger partial charge in [-0.05, 0) is 19.1 Å². The van der Waals surface area contributed by atoms with E-state index >= 15 is 0 Å². The van der Waals surface area contributed by atoms with E-state index in [1.54, 1.807) is 6.92 Å². The summed E-state index contributed by atoms with van der Waals surface area (Å²) in [5, 5.41) is -0.125. The first kappa shape index (κ1) is 10.1. The molecular formula is C10H7ClF2N2. The van der Waals surface area contributed by atoms with Crippen LogP contribution in [0.4, 0.5) is 8.78 Å². The minimum absolute atomic E-state index is 0.125. The Morgan fingerprint density at radius 3 is 2.67 bits per heavy atom. The molecule has 2 rings (SSSR count). The van der Waals surface area contributed by atoms with Gasteiger partial charge in [-0.1, -0.05) is 11.6 Å². The zero-order valence-corrected chi connectivity index (χ0v) is 8.57. The molecule has 78 valence electrons. The largest absolute Gasteiger partial charge is 0.342 e. The summed E-state index contributed by atoms with van der Waals surface area (Å²) in [5.41, 5.74) is 0.499. The average Bonchev–Trinajstić information content (AvgIpc) is 2.59. The third-order valence-electron chi connectivity index (χ3n) is 1.98. The molecule has 2 aromatic rings. The molecule has 0 fully saturated rings. The standard InChI is InChI=1S/C10H7ClF2N2/c1-5-4-14-10(15-5)8-7(12)3-2-6(11)9(8)13/h2-4H,1H3,(H,14,15). The van der Waals surface area contributed by atoms with E-state index in [2.05, 4.69) is 9.97 Å². The number of hydrogen-bond acceptors (Lipinski definition) is 1. The van der Waals surface area contributed by atoms with Gasteiger partial charge in [-0.25, -0.2) is 13.8 Å². The first-order valence-corrected chi connectivity index (χ1v) is 4.63. The molecule has 1 heterocycles. The second-order valence-electron chi connectivity index (χ2n) is 3.13. The fourth-order valence-electron chi connectivity index (χ4n) is 1.28. The zero-order chi connectivity index (χ0) is 11.0. The van der Waals surface area contributed by atoms with Gasteiger partial charge in [0.05, 0.1) is 10.6 Å². The Hall–Kier alpha value is -1.42. The van der Waals surface area contributed by atoms with Gasteiger partial charge < -0.3 is 4.98 Å².